The third-order valence-electron chi connectivity index (χ3n) is 5.64. The van der Waals surface area contributed by atoms with E-state index < -0.39 is 0 Å². The quantitative estimate of drug-likeness (QED) is 0.697. The molecule has 0 amide bonds. The van der Waals surface area contributed by atoms with Crippen molar-refractivity contribution in [3.05, 3.63) is 28.8 Å². The zero-order chi connectivity index (χ0) is 13.1. The van der Waals surface area contributed by atoms with Crippen LogP contribution in [0.1, 0.15) is 29.7 Å². The van der Waals surface area contributed by atoms with Crippen molar-refractivity contribution in [2.45, 2.75) is 24.1 Å². The normalized spacial score (nSPS) is 40.1. The van der Waals surface area contributed by atoms with Gasteiger partial charge < -0.3 is 4.74 Å². The van der Waals surface area contributed by atoms with Crippen LogP contribution in [0.3, 0.4) is 0 Å². The van der Waals surface area contributed by atoms with E-state index in [0.29, 0.717) is 4.83 Å². The molecule has 3 aliphatic rings. The van der Waals surface area contributed by atoms with Crippen LogP contribution in [0.2, 0.25) is 5.02 Å². The van der Waals surface area contributed by atoms with Gasteiger partial charge in [-0.1, -0.05) is 33.6 Å². The van der Waals surface area contributed by atoms with Crippen LogP contribution < -0.4 is 4.74 Å². The standard InChI is InChI=1S/C16H18BrClO/c1-19-10-4-5-11(12(18)7-10)16(17)15-13-8-2-3-9(6-8)14(13)15/h4-5,7-9,13-16H,2-3,6H2,1H3. The summed E-state index contributed by atoms with van der Waals surface area (Å²) in [5, 5.41) is 0.832. The molecule has 3 aliphatic carbocycles. The van der Waals surface area contributed by atoms with E-state index in [1.165, 1.54) is 24.8 Å². The summed E-state index contributed by atoms with van der Waals surface area (Å²) in [5.74, 6) is 5.62. The van der Waals surface area contributed by atoms with Gasteiger partial charge in [-0.15, -0.1) is 0 Å². The second-order valence-electron chi connectivity index (χ2n) is 6.35. The highest BCUT2D eigenvalue weighted by molar-refractivity contribution is 9.09. The second-order valence-corrected chi connectivity index (χ2v) is 7.75. The Hall–Kier alpha value is -0.210. The van der Waals surface area contributed by atoms with E-state index in [9.17, 15) is 0 Å². The molecule has 2 bridgehead atoms. The lowest BCUT2D eigenvalue weighted by molar-refractivity contribution is 0.414. The Bertz CT molecular complexity index is 501. The van der Waals surface area contributed by atoms with Crippen molar-refractivity contribution < 1.29 is 4.74 Å². The number of alkyl halides is 1. The highest BCUT2D eigenvalue weighted by atomic mass is 79.9. The molecule has 0 N–H and O–H groups in total. The number of halogens is 2. The maximum absolute atomic E-state index is 6.41. The first kappa shape index (κ1) is 12.5. The van der Waals surface area contributed by atoms with E-state index in [2.05, 4.69) is 22.0 Å². The van der Waals surface area contributed by atoms with Crippen molar-refractivity contribution in [3.8, 4) is 5.75 Å². The average Bonchev–Trinajstić information content (AvgIpc) is 2.86. The third-order valence-corrected chi connectivity index (χ3v) is 7.07. The third kappa shape index (κ3) is 1.79. The van der Waals surface area contributed by atoms with Gasteiger partial charge in [-0.3, -0.25) is 0 Å². The van der Waals surface area contributed by atoms with E-state index in [1.54, 1.807) is 7.11 Å². The van der Waals surface area contributed by atoms with Gasteiger partial charge in [-0.2, -0.15) is 0 Å². The second kappa shape index (κ2) is 4.39. The molecule has 1 aromatic carbocycles. The van der Waals surface area contributed by atoms with Gasteiger partial charge >= 0.3 is 0 Å². The number of hydrogen-bond acceptors (Lipinski definition) is 1. The lowest BCUT2D eigenvalue weighted by atomic mass is 9.97. The summed E-state index contributed by atoms with van der Waals surface area (Å²) in [5.41, 5.74) is 1.24. The smallest absolute Gasteiger partial charge is 0.120 e. The Kier molecular flexibility index (Phi) is 2.90. The van der Waals surface area contributed by atoms with E-state index in [0.717, 1.165) is 40.4 Å². The molecule has 5 unspecified atom stereocenters. The predicted molar refractivity (Wildman–Crippen MR) is 81.0 cm³/mol. The molecule has 102 valence electrons. The minimum atomic E-state index is 0.421. The Morgan fingerprint density at radius 3 is 2.53 bits per heavy atom. The van der Waals surface area contributed by atoms with Gasteiger partial charge in [0.15, 0.2) is 0 Å². The largest absolute Gasteiger partial charge is 0.497 e. The fraction of sp³-hybridized carbons (Fsp3) is 0.625. The molecule has 3 saturated carbocycles. The summed E-state index contributed by atoms with van der Waals surface area (Å²) in [6.45, 7) is 0. The van der Waals surface area contributed by atoms with Crippen molar-refractivity contribution in [2.24, 2.45) is 29.6 Å². The molecule has 0 heterocycles. The minimum absolute atomic E-state index is 0.421. The Balaban J connectivity index is 1.57. The van der Waals surface area contributed by atoms with E-state index in [1.807, 2.05) is 12.1 Å². The summed E-state index contributed by atoms with van der Waals surface area (Å²) in [7, 11) is 1.68. The van der Waals surface area contributed by atoms with Gasteiger partial charge in [0.2, 0.25) is 0 Å². The monoisotopic (exact) mass is 340 g/mol. The van der Waals surface area contributed by atoms with Gasteiger partial charge in [0.05, 0.1) is 7.11 Å². The summed E-state index contributed by atoms with van der Waals surface area (Å²) in [4.78, 5) is 0.421. The zero-order valence-corrected chi connectivity index (χ0v) is 13.3. The first-order chi connectivity index (χ1) is 9.20. The molecule has 4 rings (SSSR count). The first-order valence-corrected chi connectivity index (χ1v) is 8.47. The summed E-state index contributed by atoms with van der Waals surface area (Å²) < 4.78 is 5.22. The molecule has 3 fully saturated rings. The molecule has 0 aromatic heterocycles. The van der Waals surface area contributed by atoms with Crippen molar-refractivity contribution in [2.75, 3.05) is 7.11 Å². The summed E-state index contributed by atoms with van der Waals surface area (Å²) in [6.07, 6.45) is 4.44. The van der Waals surface area contributed by atoms with Crippen LogP contribution in [-0.2, 0) is 0 Å². The predicted octanol–water partition coefficient (Wildman–Crippen LogP) is 5.08. The Morgan fingerprint density at radius 2 is 1.95 bits per heavy atom. The molecule has 0 aliphatic heterocycles. The number of rotatable bonds is 3. The molecule has 0 radical (unpaired) electrons. The molecule has 1 nitrogen and oxygen atoms in total. The molecule has 19 heavy (non-hydrogen) atoms. The van der Waals surface area contributed by atoms with Gasteiger partial charge in [0.25, 0.3) is 0 Å². The number of methoxy groups -OCH3 is 1. The summed E-state index contributed by atoms with van der Waals surface area (Å²) >= 11 is 10.3. The van der Waals surface area contributed by atoms with Crippen LogP contribution in [0, 0.1) is 29.6 Å². The van der Waals surface area contributed by atoms with Crippen LogP contribution in [0.25, 0.3) is 0 Å². The molecule has 0 saturated heterocycles. The molecule has 1 aromatic rings. The van der Waals surface area contributed by atoms with E-state index in [-0.39, 0.29) is 0 Å². The Labute approximate surface area is 127 Å². The molecule has 0 spiro atoms. The highest BCUT2D eigenvalue weighted by Gasteiger charge is 2.66. The van der Waals surface area contributed by atoms with Crippen LogP contribution >= 0.6 is 27.5 Å². The molecular formula is C16H18BrClO. The van der Waals surface area contributed by atoms with Crippen molar-refractivity contribution in [1.29, 1.82) is 0 Å². The first-order valence-electron chi connectivity index (χ1n) is 7.18. The average molecular weight is 342 g/mol. The lowest BCUT2D eigenvalue weighted by Gasteiger charge is -2.16. The van der Waals surface area contributed by atoms with Crippen LogP contribution in [-0.4, -0.2) is 7.11 Å². The summed E-state index contributed by atoms with van der Waals surface area (Å²) in [6, 6.07) is 6.07. The molecular weight excluding hydrogens is 324 g/mol. The number of benzene rings is 1. The maximum Gasteiger partial charge on any atom is 0.120 e. The number of hydrogen-bond donors (Lipinski definition) is 0. The van der Waals surface area contributed by atoms with E-state index >= 15 is 0 Å². The highest BCUT2D eigenvalue weighted by Crippen LogP contribution is 2.73. The fourth-order valence-corrected chi connectivity index (χ4v) is 6.37. The topological polar surface area (TPSA) is 9.23 Å². The van der Waals surface area contributed by atoms with Gasteiger partial charge in [-0.05, 0) is 66.5 Å². The van der Waals surface area contributed by atoms with Gasteiger partial charge in [0, 0.05) is 9.85 Å². The zero-order valence-electron chi connectivity index (χ0n) is 11.0. The molecule has 5 atom stereocenters. The van der Waals surface area contributed by atoms with Gasteiger partial charge in [0.1, 0.15) is 5.75 Å². The van der Waals surface area contributed by atoms with Crippen molar-refractivity contribution in [1.82, 2.24) is 0 Å². The van der Waals surface area contributed by atoms with Crippen molar-refractivity contribution >= 4 is 27.5 Å². The van der Waals surface area contributed by atoms with Gasteiger partial charge in [-0.25, -0.2) is 0 Å². The minimum Gasteiger partial charge on any atom is -0.497 e. The fourth-order valence-electron chi connectivity index (χ4n) is 4.85. The maximum atomic E-state index is 6.41. The number of ether oxygens (including phenoxy) is 1. The van der Waals surface area contributed by atoms with E-state index in [4.69, 9.17) is 16.3 Å². The lowest BCUT2D eigenvalue weighted by Crippen LogP contribution is -2.04. The van der Waals surface area contributed by atoms with Crippen LogP contribution in [0.4, 0.5) is 0 Å². The van der Waals surface area contributed by atoms with Crippen LogP contribution in [0.5, 0.6) is 5.75 Å². The number of fused-ring (bicyclic) bond motifs is 5. The molecule has 3 heteroatoms. The van der Waals surface area contributed by atoms with Crippen LogP contribution in [0.15, 0.2) is 18.2 Å². The SMILES string of the molecule is COc1ccc(C(Br)C2C3C4CCC(C4)C32)c(Cl)c1. The Morgan fingerprint density at radius 1 is 1.26 bits per heavy atom. The van der Waals surface area contributed by atoms with Crippen molar-refractivity contribution in [3.63, 3.8) is 0 Å².